The fourth-order valence-corrected chi connectivity index (χ4v) is 2.52. The van der Waals surface area contributed by atoms with Gasteiger partial charge in [-0.05, 0) is 31.5 Å². The molecule has 2 atom stereocenters. The largest absolute Gasteiger partial charge is 0.573 e. The van der Waals surface area contributed by atoms with E-state index >= 15 is 0 Å². The summed E-state index contributed by atoms with van der Waals surface area (Å²) in [6.45, 7) is 4.51. The zero-order valence-corrected chi connectivity index (χ0v) is 14.8. The van der Waals surface area contributed by atoms with Crippen LogP contribution >= 0.6 is 0 Å². The van der Waals surface area contributed by atoms with Crippen LogP contribution < -0.4 is 20.7 Å². The van der Waals surface area contributed by atoms with E-state index in [4.69, 9.17) is 0 Å². The number of carbonyl (C=O) groups is 2. The summed E-state index contributed by atoms with van der Waals surface area (Å²) in [5.74, 6) is -1.48. The summed E-state index contributed by atoms with van der Waals surface area (Å²) in [7, 11) is 0. The Morgan fingerprint density at radius 3 is 2.63 bits per heavy atom. The maximum Gasteiger partial charge on any atom is 0.573 e. The second kappa shape index (κ2) is 7.68. The minimum Gasteiger partial charge on any atom is -0.406 e. The average Bonchev–Trinajstić information content (AvgIpc) is 2.52. The number of nitrogens with zero attached hydrogens (tertiary/aromatic N) is 1. The van der Waals surface area contributed by atoms with Gasteiger partial charge in [0.1, 0.15) is 5.75 Å². The molecule has 1 aromatic carbocycles. The molecule has 1 aliphatic heterocycles. The Kier molecular flexibility index (Phi) is 5.77. The summed E-state index contributed by atoms with van der Waals surface area (Å²) in [6, 6.07) is 4.61. The number of allylic oxidation sites excluding steroid dienone is 1. The Hall–Kier alpha value is -3.04. The molecule has 0 saturated heterocycles. The smallest absolute Gasteiger partial charge is 0.406 e. The summed E-state index contributed by atoms with van der Waals surface area (Å²) in [5.41, 5.74) is -0.656. The van der Waals surface area contributed by atoms with E-state index < -0.39 is 35.6 Å². The monoisotopic (exact) mass is 384 g/mol. The Morgan fingerprint density at radius 1 is 1.33 bits per heavy atom. The lowest BCUT2D eigenvalue weighted by Crippen LogP contribution is -2.68. The standard InChI is InChI=1S/C17H19F3N4O3/c1-10-8-21-9-16(23-10,24-12(3)25)15(26)22-11(2)13-5-4-6-14(7-13)27-17(18,19)20/h4-9,11,23H,1-3H3,(H,22,26)(H,24,25). The quantitative estimate of drug-likeness (QED) is 0.725. The van der Waals surface area contributed by atoms with Crippen molar-refractivity contribution in [2.45, 2.75) is 38.8 Å². The van der Waals surface area contributed by atoms with Gasteiger partial charge in [0.25, 0.3) is 5.91 Å². The highest BCUT2D eigenvalue weighted by molar-refractivity contribution is 6.06. The molecule has 0 aliphatic carbocycles. The lowest BCUT2D eigenvalue weighted by molar-refractivity contribution is -0.274. The first-order valence-electron chi connectivity index (χ1n) is 7.95. The van der Waals surface area contributed by atoms with Gasteiger partial charge < -0.3 is 20.7 Å². The maximum atomic E-state index is 12.8. The molecular formula is C17H19F3N4O3. The SMILES string of the molecule is CC(=O)NC1(C(=O)NC(C)c2cccc(OC(F)(F)F)c2)C=NC=C(C)N1. The molecule has 1 aromatic rings. The fraction of sp³-hybridized carbons (Fsp3) is 0.353. The molecule has 27 heavy (non-hydrogen) atoms. The Labute approximate surface area is 153 Å². The molecule has 1 aliphatic rings. The van der Waals surface area contributed by atoms with Crippen LogP contribution in [0, 0.1) is 0 Å². The molecule has 146 valence electrons. The van der Waals surface area contributed by atoms with Crippen molar-refractivity contribution in [1.82, 2.24) is 16.0 Å². The van der Waals surface area contributed by atoms with Crippen molar-refractivity contribution in [3.05, 3.63) is 41.7 Å². The molecule has 1 heterocycles. The molecule has 0 bridgehead atoms. The first-order chi connectivity index (χ1) is 12.5. The second-order valence-corrected chi connectivity index (χ2v) is 6.02. The van der Waals surface area contributed by atoms with Crippen LogP contribution in [0.15, 0.2) is 41.2 Å². The van der Waals surface area contributed by atoms with Crippen molar-refractivity contribution in [1.29, 1.82) is 0 Å². The Bertz CT molecular complexity index is 788. The Morgan fingerprint density at radius 2 is 2.04 bits per heavy atom. The van der Waals surface area contributed by atoms with Crippen molar-refractivity contribution in [3.8, 4) is 5.75 Å². The average molecular weight is 384 g/mol. The van der Waals surface area contributed by atoms with E-state index in [0.717, 1.165) is 6.07 Å². The number of hydrogen-bond donors (Lipinski definition) is 3. The van der Waals surface area contributed by atoms with E-state index in [2.05, 4.69) is 25.7 Å². The first kappa shape index (κ1) is 20.3. The van der Waals surface area contributed by atoms with E-state index in [1.165, 1.54) is 31.5 Å². The van der Waals surface area contributed by atoms with Crippen molar-refractivity contribution < 1.29 is 27.5 Å². The second-order valence-electron chi connectivity index (χ2n) is 6.02. The van der Waals surface area contributed by atoms with Gasteiger partial charge in [-0.25, -0.2) is 0 Å². The number of hydrogen-bond acceptors (Lipinski definition) is 5. The van der Waals surface area contributed by atoms with Crippen molar-refractivity contribution in [3.63, 3.8) is 0 Å². The number of halogens is 3. The summed E-state index contributed by atoms with van der Waals surface area (Å²) in [6.07, 6.45) is -2.09. The highest BCUT2D eigenvalue weighted by atomic mass is 19.4. The number of ether oxygens (including phenoxy) is 1. The molecule has 0 saturated carbocycles. The number of benzene rings is 1. The summed E-state index contributed by atoms with van der Waals surface area (Å²) in [5, 5.41) is 8.00. The normalized spacial score (nSPS) is 20.1. The molecule has 0 radical (unpaired) electrons. The van der Waals surface area contributed by atoms with Gasteiger partial charge in [0.15, 0.2) is 0 Å². The predicted octanol–water partition coefficient (Wildman–Crippen LogP) is 2.13. The molecule has 2 rings (SSSR count). The summed E-state index contributed by atoms with van der Waals surface area (Å²) < 4.78 is 41.0. The van der Waals surface area contributed by atoms with Crippen molar-refractivity contribution >= 4 is 18.0 Å². The number of aliphatic imine (C=N–C) groups is 1. The van der Waals surface area contributed by atoms with Crippen molar-refractivity contribution in [2.24, 2.45) is 4.99 Å². The van der Waals surface area contributed by atoms with Gasteiger partial charge in [0.05, 0.1) is 12.3 Å². The highest BCUT2D eigenvalue weighted by Crippen LogP contribution is 2.25. The minimum atomic E-state index is -4.81. The third-order valence-corrected chi connectivity index (χ3v) is 3.60. The summed E-state index contributed by atoms with van der Waals surface area (Å²) in [4.78, 5) is 28.3. The van der Waals surface area contributed by atoms with E-state index in [9.17, 15) is 22.8 Å². The molecule has 0 fully saturated rings. The van der Waals surface area contributed by atoms with Gasteiger partial charge in [0, 0.05) is 18.8 Å². The van der Waals surface area contributed by atoms with Crippen LogP contribution in [0.4, 0.5) is 13.2 Å². The van der Waals surface area contributed by atoms with E-state index in [0.29, 0.717) is 11.3 Å². The Balaban J connectivity index is 2.18. The van der Waals surface area contributed by atoms with Crippen LogP contribution in [0.2, 0.25) is 0 Å². The topological polar surface area (TPSA) is 91.8 Å². The fourth-order valence-electron chi connectivity index (χ4n) is 2.52. The molecule has 0 aromatic heterocycles. The number of carbonyl (C=O) groups excluding carboxylic acids is 2. The van der Waals surface area contributed by atoms with Gasteiger partial charge in [-0.3, -0.25) is 14.6 Å². The van der Waals surface area contributed by atoms with E-state index in [1.807, 2.05) is 0 Å². The van der Waals surface area contributed by atoms with Crippen LogP contribution in [-0.2, 0) is 9.59 Å². The third-order valence-electron chi connectivity index (χ3n) is 3.60. The molecule has 3 N–H and O–H groups in total. The van der Waals surface area contributed by atoms with E-state index in [-0.39, 0.29) is 0 Å². The third kappa shape index (κ3) is 5.47. The number of amides is 2. The minimum absolute atomic E-state index is 0.392. The maximum absolute atomic E-state index is 12.8. The molecule has 2 unspecified atom stereocenters. The molecule has 10 heteroatoms. The van der Waals surface area contributed by atoms with Crippen LogP contribution in [0.25, 0.3) is 0 Å². The number of rotatable bonds is 5. The molecule has 2 amide bonds. The molecule has 0 spiro atoms. The predicted molar refractivity (Wildman–Crippen MR) is 91.6 cm³/mol. The van der Waals surface area contributed by atoms with E-state index in [1.54, 1.807) is 19.9 Å². The zero-order valence-electron chi connectivity index (χ0n) is 14.8. The van der Waals surface area contributed by atoms with Gasteiger partial charge in [-0.15, -0.1) is 13.2 Å². The lowest BCUT2D eigenvalue weighted by Gasteiger charge is -2.34. The summed E-state index contributed by atoms with van der Waals surface area (Å²) >= 11 is 0. The van der Waals surface area contributed by atoms with Gasteiger partial charge in [-0.1, -0.05) is 12.1 Å². The van der Waals surface area contributed by atoms with Crippen LogP contribution in [0.3, 0.4) is 0 Å². The van der Waals surface area contributed by atoms with Gasteiger partial charge >= 0.3 is 6.36 Å². The van der Waals surface area contributed by atoms with Crippen LogP contribution in [-0.4, -0.2) is 30.1 Å². The van der Waals surface area contributed by atoms with Crippen LogP contribution in [0.1, 0.15) is 32.4 Å². The number of alkyl halides is 3. The molecule has 7 nitrogen and oxygen atoms in total. The van der Waals surface area contributed by atoms with Gasteiger partial charge in [0.2, 0.25) is 11.6 Å². The first-order valence-corrected chi connectivity index (χ1v) is 7.95. The zero-order chi connectivity index (χ0) is 20.2. The highest BCUT2D eigenvalue weighted by Gasteiger charge is 2.40. The van der Waals surface area contributed by atoms with Gasteiger partial charge in [-0.2, -0.15) is 0 Å². The van der Waals surface area contributed by atoms with Crippen molar-refractivity contribution in [2.75, 3.05) is 0 Å². The lowest BCUT2D eigenvalue weighted by atomic mass is 10.0. The van der Waals surface area contributed by atoms with Crippen LogP contribution in [0.5, 0.6) is 5.75 Å². The number of nitrogens with one attached hydrogen (secondary N) is 3. The molecular weight excluding hydrogens is 365 g/mol.